The highest BCUT2D eigenvalue weighted by atomic mass is 19.1. The van der Waals surface area contributed by atoms with E-state index in [2.05, 4.69) is 5.32 Å². The fourth-order valence-electron chi connectivity index (χ4n) is 0.960. The van der Waals surface area contributed by atoms with Gasteiger partial charge in [-0.25, -0.2) is 8.78 Å². The van der Waals surface area contributed by atoms with Crippen molar-refractivity contribution < 1.29 is 13.6 Å². The zero-order valence-electron chi connectivity index (χ0n) is 7.39. The lowest BCUT2D eigenvalue weighted by Crippen LogP contribution is -2.30. The third-order valence-electron chi connectivity index (χ3n) is 1.71. The molecule has 5 heteroatoms. The maximum Gasteiger partial charge on any atom is 0.234 e. The van der Waals surface area contributed by atoms with Gasteiger partial charge in [0.1, 0.15) is 11.6 Å². The molecule has 0 aliphatic carbocycles. The number of halogens is 2. The Balaban J connectivity index is 2.71. The van der Waals surface area contributed by atoms with E-state index in [1.807, 2.05) is 0 Å². The Kier molecular flexibility index (Phi) is 3.53. The first-order chi connectivity index (χ1) is 6.65. The predicted octanol–water partition coefficient (Wildman–Crippen LogP) is 0.540. The van der Waals surface area contributed by atoms with E-state index in [0.29, 0.717) is 0 Å². The third kappa shape index (κ3) is 2.50. The summed E-state index contributed by atoms with van der Waals surface area (Å²) in [5, 5.41) is 2.29. The molecule has 0 radical (unpaired) electrons. The number of nitrogens with one attached hydrogen (secondary N) is 1. The van der Waals surface area contributed by atoms with Crippen molar-refractivity contribution in [3.05, 3.63) is 35.4 Å². The lowest BCUT2D eigenvalue weighted by molar-refractivity contribution is -0.119. The molecule has 0 aromatic heterocycles. The van der Waals surface area contributed by atoms with Gasteiger partial charge in [-0.15, -0.1) is 0 Å². The minimum absolute atomic E-state index is 0.158. The molecule has 0 aliphatic heterocycles. The van der Waals surface area contributed by atoms with Crippen LogP contribution in [0.2, 0.25) is 0 Å². The number of nitrogens with two attached hydrogens (primary N) is 1. The van der Waals surface area contributed by atoms with E-state index in [1.165, 1.54) is 6.07 Å². The van der Waals surface area contributed by atoms with Crippen LogP contribution in [0.15, 0.2) is 18.2 Å². The molecule has 0 heterocycles. The first kappa shape index (κ1) is 10.6. The molecule has 1 rings (SSSR count). The van der Waals surface area contributed by atoms with Crippen LogP contribution in [0.1, 0.15) is 5.56 Å². The topological polar surface area (TPSA) is 55.1 Å². The van der Waals surface area contributed by atoms with Crippen molar-refractivity contribution >= 4 is 5.91 Å². The SMILES string of the molecule is NCC(=O)NCc1c(F)cccc1F. The van der Waals surface area contributed by atoms with Gasteiger partial charge in [0.2, 0.25) is 5.91 Å². The minimum Gasteiger partial charge on any atom is -0.351 e. The summed E-state index contributed by atoms with van der Waals surface area (Å²) in [5.41, 5.74) is 4.85. The summed E-state index contributed by atoms with van der Waals surface area (Å²) in [6, 6.07) is 3.53. The fraction of sp³-hybridized carbons (Fsp3) is 0.222. The summed E-state index contributed by atoms with van der Waals surface area (Å²) in [7, 11) is 0. The van der Waals surface area contributed by atoms with Gasteiger partial charge in [0.25, 0.3) is 0 Å². The Morgan fingerprint density at radius 1 is 1.36 bits per heavy atom. The molecule has 0 aliphatic rings. The quantitative estimate of drug-likeness (QED) is 0.748. The van der Waals surface area contributed by atoms with E-state index < -0.39 is 17.5 Å². The minimum atomic E-state index is -0.678. The van der Waals surface area contributed by atoms with Crippen molar-refractivity contribution in [1.29, 1.82) is 0 Å². The van der Waals surface area contributed by atoms with Crippen LogP contribution in [0.3, 0.4) is 0 Å². The van der Waals surface area contributed by atoms with Crippen molar-refractivity contribution in [3.8, 4) is 0 Å². The van der Waals surface area contributed by atoms with E-state index in [0.717, 1.165) is 12.1 Å². The first-order valence-corrected chi connectivity index (χ1v) is 4.05. The van der Waals surface area contributed by atoms with Gasteiger partial charge in [0, 0.05) is 12.1 Å². The molecular formula is C9H10F2N2O. The summed E-state index contributed by atoms with van der Waals surface area (Å²) in [6.45, 7) is -0.384. The monoisotopic (exact) mass is 200 g/mol. The lowest BCUT2D eigenvalue weighted by atomic mass is 10.2. The van der Waals surface area contributed by atoms with E-state index in [1.54, 1.807) is 0 Å². The summed E-state index contributed by atoms with van der Waals surface area (Å²) in [5.74, 6) is -1.81. The van der Waals surface area contributed by atoms with Crippen molar-refractivity contribution in [2.75, 3.05) is 6.54 Å². The molecule has 14 heavy (non-hydrogen) atoms. The first-order valence-electron chi connectivity index (χ1n) is 4.05. The van der Waals surface area contributed by atoms with Crippen LogP contribution in [0.5, 0.6) is 0 Å². The number of carbonyl (C=O) groups is 1. The van der Waals surface area contributed by atoms with Gasteiger partial charge in [0.05, 0.1) is 6.54 Å². The number of amides is 1. The summed E-state index contributed by atoms with van der Waals surface area (Å²) in [6.07, 6.45) is 0. The largest absolute Gasteiger partial charge is 0.351 e. The molecule has 3 nitrogen and oxygen atoms in total. The number of hydrogen-bond donors (Lipinski definition) is 2. The maximum atomic E-state index is 13.0. The molecule has 0 fully saturated rings. The fourth-order valence-corrected chi connectivity index (χ4v) is 0.960. The Bertz CT molecular complexity index is 321. The second kappa shape index (κ2) is 4.66. The van der Waals surface area contributed by atoms with Crippen LogP contribution in [-0.4, -0.2) is 12.5 Å². The van der Waals surface area contributed by atoms with Crippen LogP contribution < -0.4 is 11.1 Å². The molecule has 0 atom stereocenters. The summed E-state index contributed by atoms with van der Waals surface area (Å²) in [4.78, 5) is 10.7. The standard InChI is InChI=1S/C9H10F2N2O/c10-7-2-1-3-8(11)6(7)5-13-9(14)4-12/h1-3H,4-5,12H2,(H,13,14). The van der Waals surface area contributed by atoms with Gasteiger partial charge >= 0.3 is 0 Å². The molecule has 0 saturated heterocycles. The van der Waals surface area contributed by atoms with Gasteiger partial charge in [-0.1, -0.05) is 6.07 Å². The van der Waals surface area contributed by atoms with Gasteiger partial charge in [0.15, 0.2) is 0 Å². The van der Waals surface area contributed by atoms with E-state index in [9.17, 15) is 13.6 Å². The average Bonchev–Trinajstić information content (AvgIpc) is 2.16. The molecule has 1 amide bonds. The Labute approximate surface area is 79.9 Å². The molecule has 0 spiro atoms. The molecule has 0 saturated carbocycles. The number of rotatable bonds is 3. The number of hydrogen-bond acceptors (Lipinski definition) is 2. The van der Waals surface area contributed by atoms with Crippen molar-refractivity contribution in [2.24, 2.45) is 5.73 Å². The Morgan fingerprint density at radius 2 is 1.93 bits per heavy atom. The van der Waals surface area contributed by atoms with Crippen LogP contribution >= 0.6 is 0 Å². The van der Waals surface area contributed by atoms with E-state index in [-0.39, 0.29) is 18.7 Å². The smallest absolute Gasteiger partial charge is 0.234 e. The summed E-state index contributed by atoms with van der Waals surface area (Å²) >= 11 is 0. The van der Waals surface area contributed by atoms with Crippen LogP contribution in [0, 0.1) is 11.6 Å². The number of benzene rings is 1. The van der Waals surface area contributed by atoms with Gasteiger partial charge < -0.3 is 11.1 Å². The zero-order valence-corrected chi connectivity index (χ0v) is 7.39. The van der Waals surface area contributed by atoms with Gasteiger partial charge in [-0.3, -0.25) is 4.79 Å². The van der Waals surface area contributed by atoms with Crippen molar-refractivity contribution in [1.82, 2.24) is 5.32 Å². The Morgan fingerprint density at radius 3 is 2.43 bits per heavy atom. The third-order valence-corrected chi connectivity index (χ3v) is 1.71. The maximum absolute atomic E-state index is 13.0. The van der Waals surface area contributed by atoms with Crippen molar-refractivity contribution in [2.45, 2.75) is 6.54 Å². The highest BCUT2D eigenvalue weighted by molar-refractivity contribution is 5.77. The second-order valence-corrected chi connectivity index (χ2v) is 2.68. The van der Waals surface area contributed by atoms with E-state index in [4.69, 9.17) is 5.73 Å². The highest BCUT2D eigenvalue weighted by Crippen LogP contribution is 2.11. The van der Waals surface area contributed by atoms with Crippen LogP contribution in [0.25, 0.3) is 0 Å². The molecule has 76 valence electrons. The lowest BCUT2D eigenvalue weighted by Gasteiger charge is -2.05. The van der Waals surface area contributed by atoms with Gasteiger partial charge in [-0.05, 0) is 12.1 Å². The molecule has 1 aromatic carbocycles. The zero-order chi connectivity index (χ0) is 10.6. The molecular weight excluding hydrogens is 190 g/mol. The molecule has 1 aromatic rings. The molecule has 0 unspecified atom stereocenters. The van der Waals surface area contributed by atoms with Crippen LogP contribution in [-0.2, 0) is 11.3 Å². The highest BCUT2D eigenvalue weighted by Gasteiger charge is 2.08. The molecule has 3 N–H and O–H groups in total. The summed E-state index contributed by atoms with van der Waals surface area (Å²) < 4.78 is 26.0. The average molecular weight is 200 g/mol. The number of carbonyl (C=O) groups excluding carboxylic acids is 1. The predicted molar refractivity (Wildman–Crippen MR) is 47.3 cm³/mol. The second-order valence-electron chi connectivity index (χ2n) is 2.68. The normalized spacial score (nSPS) is 9.93. The van der Waals surface area contributed by atoms with Crippen molar-refractivity contribution in [3.63, 3.8) is 0 Å². The van der Waals surface area contributed by atoms with E-state index >= 15 is 0 Å². The Hall–Kier alpha value is -1.49. The molecule has 0 bridgehead atoms. The van der Waals surface area contributed by atoms with Crippen LogP contribution in [0.4, 0.5) is 8.78 Å². The van der Waals surface area contributed by atoms with Gasteiger partial charge in [-0.2, -0.15) is 0 Å².